The molecule has 0 saturated heterocycles. The normalized spacial score (nSPS) is 12.0. The molecule has 0 spiro atoms. The van der Waals surface area contributed by atoms with Crippen LogP contribution in [0.2, 0.25) is 0 Å². The highest BCUT2D eigenvalue weighted by atomic mass is 16.5. The van der Waals surface area contributed by atoms with Crippen molar-refractivity contribution in [3.8, 4) is 5.75 Å². The molecule has 3 rings (SSSR count). The van der Waals surface area contributed by atoms with E-state index in [1.807, 2.05) is 48.5 Å². The molecule has 0 aliphatic carbocycles. The van der Waals surface area contributed by atoms with Crippen molar-refractivity contribution in [3.05, 3.63) is 64.0 Å². The lowest BCUT2D eigenvalue weighted by atomic mass is 10.0. The van der Waals surface area contributed by atoms with Crippen molar-refractivity contribution in [1.82, 2.24) is 0 Å². The van der Waals surface area contributed by atoms with E-state index >= 15 is 0 Å². The van der Waals surface area contributed by atoms with Crippen LogP contribution in [-0.2, 0) is 11.2 Å². The fourth-order valence-corrected chi connectivity index (χ4v) is 2.21. The number of aliphatic carboxylic acids is 1. The highest BCUT2D eigenvalue weighted by Crippen LogP contribution is 2.24. The fourth-order valence-electron chi connectivity index (χ4n) is 2.21. The van der Waals surface area contributed by atoms with Gasteiger partial charge in [-0.05, 0) is 22.9 Å². The molecule has 1 aliphatic rings. The third-order valence-corrected chi connectivity index (χ3v) is 3.11. The first-order valence-corrected chi connectivity index (χ1v) is 6.01. The molecular weight excluding hydrogens is 240 g/mol. The standard InChI is InChI=1S/C16H12O3/c17-16(18)9-12-6-3-7-15-14(12)8-11-4-1-2-5-13(11)10-19-15/h1-8,10H,9H2,(H,17,18). The SMILES string of the molecule is O=C(O)Cc1cccc2c1C=c1ccccc1=CO2. The molecule has 2 aromatic carbocycles. The van der Waals surface area contributed by atoms with E-state index in [0.29, 0.717) is 5.75 Å². The molecule has 0 saturated carbocycles. The van der Waals surface area contributed by atoms with Crippen LogP contribution < -0.4 is 15.2 Å². The van der Waals surface area contributed by atoms with Gasteiger partial charge in [-0.1, -0.05) is 36.4 Å². The van der Waals surface area contributed by atoms with Crippen LogP contribution in [-0.4, -0.2) is 11.1 Å². The summed E-state index contributed by atoms with van der Waals surface area (Å²) < 4.78 is 5.65. The molecule has 2 aromatic rings. The number of carboxylic acid groups (broad SMARTS) is 1. The van der Waals surface area contributed by atoms with Crippen LogP contribution in [0.25, 0.3) is 12.3 Å². The summed E-state index contributed by atoms with van der Waals surface area (Å²) >= 11 is 0. The lowest BCUT2D eigenvalue weighted by Crippen LogP contribution is -2.23. The molecular formula is C16H12O3. The summed E-state index contributed by atoms with van der Waals surface area (Å²) in [5.74, 6) is -0.154. The first kappa shape index (κ1) is 11.5. The zero-order valence-corrected chi connectivity index (χ0v) is 10.2. The monoisotopic (exact) mass is 252 g/mol. The summed E-state index contributed by atoms with van der Waals surface area (Å²) in [4.78, 5) is 10.9. The number of ether oxygens (including phenoxy) is 1. The summed E-state index contributed by atoms with van der Waals surface area (Å²) in [7, 11) is 0. The molecule has 1 N–H and O–H groups in total. The van der Waals surface area contributed by atoms with Crippen LogP contribution in [0.1, 0.15) is 11.1 Å². The van der Waals surface area contributed by atoms with E-state index < -0.39 is 5.97 Å². The molecule has 0 bridgehead atoms. The minimum absolute atomic E-state index is 0.00873. The summed E-state index contributed by atoms with van der Waals surface area (Å²) in [6.07, 6.45) is 3.67. The van der Waals surface area contributed by atoms with Crippen molar-refractivity contribution in [2.24, 2.45) is 0 Å². The largest absolute Gasteiger partial charge is 0.481 e. The van der Waals surface area contributed by atoms with Crippen LogP contribution in [0.15, 0.2) is 42.5 Å². The van der Waals surface area contributed by atoms with Gasteiger partial charge < -0.3 is 9.84 Å². The summed E-state index contributed by atoms with van der Waals surface area (Å²) in [5.41, 5.74) is 1.60. The maximum atomic E-state index is 10.9. The van der Waals surface area contributed by atoms with E-state index in [0.717, 1.165) is 21.6 Å². The van der Waals surface area contributed by atoms with E-state index in [4.69, 9.17) is 9.84 Å². The van der Waals surface area contributed by atoms with Gasteiger partial charge in [0.05, 0.1) is 12.7 Å². The van der Waals surface area contributed by atoms with E-state index in [9.17, 15) is 4.79 Å². The Balaban J connectivity index is 2.24. The number of carboxylic acids is 1. The topological polar surface area (TPSA) is 46.5 Å². The van der Waals surface area contributed by atoms with Crippen molar-refractivity contribution in [1.29, 1.82) is 0 Å². The smallest absolute Gasteiger partial charge is 0.307 e. The summed E-state index contributed by atoms with van der Waals surface area (Å²) in [5, 5.41) is 11.0. The molecule has 1 aliphatic heterocycles. The number of hydrogen-bond acceptors (Lipinski definition) is 2. The van der Waals surface area contributed by atoms with Gasteiger partial charge >= 0.3 is 5.97 Å². The number of fused-ring (bicyclic) bond motifs is 2. The van der Waals surface area contributed by atoms with Crippen molar-refractivity contribution < 1.29 is 14.6 Å². The van der Waals surface area contributed by atoms with Crippen molar-refractivity contribution in [2.45, 2.75) is 6.42 Å². The molecule has 0 unspecified atom stereocenters. The average molecular weight is 252 g/mol. The number of benzene rings is 2. The van der Waals surface area contributed by atoms with Gasteiger partial charge in [-0.15, -0.1) is 0 Å². The van der Waals surface area contributed by atoms with Crippen LogP contribution in [0, 0.1) is 0 Å². The molecule has 0 amide bonds. The van der Waals surface area contributed by atoms with E-state index in [1.165, 1.54) is 0 Å². The van der Waals surface area contributed by atoms with Gasteiger partial charge in [0.15, 0.2) is 0 Å². The predicted molar refractivity (Wildman–Crippen MR) is 72.1 cm³/mol. The Labute approximate surface area is 110 Å². The molecule has 0 fully saturated rings. The van der Waals surface area contributed by atoms with Gasteiger partial charge in [-0.3, -0.25) is 4.79 Å². The predicted octanol–water partition coefficient (Wildman–Crippen LogP) is 1.27. The Bertz CT molecular complexity index is 760. The van der Waals surface area contributed by atoms with Gasteiger partial charge in [0.25, 0.3) is 0 Å². The van der Waals surface area contributed by atoms with E-state index in [1.54, 1.807) is 6.26 Å². The molecule has 0 radical (unpaired) electrons. The maximum absolute atomic E-state index is 10.9. The quantitative estimate of drug-likeness (QED) is 0.875. The maximum Gasteiger partial charge on any atom is 0.307 e. The zero-order valence-electron chi connectivity index (χ0n) is 10.2. The third-order valence-electron chi connectivity index (χ3n) is 3.11. The molecule has 94 valence electrons. The first-order valence-electron chi connectivity index (χ1n) is 6.01. The second-order valence-electron chi connectivity index (χ2n) is 4.41. The Morgan fingerprint density at radius 1 is 1.05 bits per heavy atom. The number of rotatable bonds is 2. The third kappa shape index (κ3) is 2.22. The Morgan fingerprint density at radius 2 is 1.84 bits per heavy atom. The molecule has 0 aromatic heterocycles. The minimum atomic E-state index is -0.844. The number of carbonyl (C=O) groups is 1. The molecule has 0 atom stereocenters. The van der Waals surface area contributed by atoms with Gasteiger partial charge in [-0.25, -0.2) is 0 Å². The van der Waals surface area contributed by atoms with Gasteiger partial charge in [0.1, 0.15) is 5.75 Å². The Hall–Kier alpha value is -2.55. The first-order chi connectivity index (χ1) is 9.24. The van der Waals surface area contributed by atoms with Gasteiger partial charge in [-0.2, -0.15) is 0 Å². The highest BCUT2D eigenvalue weighted by Gasteiger charge is 2.11. The van der Waals surface area contributed by atoms with Crippen LogP contribution >= 0.6 is 0 Å². The minimum Gasteiger partial charge on any atom is -0.481 e. The average Bonchev–Trinajstić information content (AvgIpc) is 2.58. The Morgan fingerprint density at radius 3 is 2.63 bits per heavy atom. The van der Waals surface area contributed by atoms with Crippen molar-refractivity contribution >= 4 is 18.3 Å². The van der Waals surface area contributed by atoms with Crippen LogP contribution in [0.3, 0.4) is 0 Å². The van der Waals surface area contributed by atoms with Crippen molar-refractivity contribution in [2.75, 3.05) is 0 Å². The van der Waals surface area contributed by atoms with Gasteiger partial charge in [0.2, 0.25) is 0 Å². The Kier molecular flexibility index (Phi) is 2.80. The summed E-state index contributed by atoms with van der Waals surface area (Å²) in [6.45, 7) is 0. The van der Waals surface area contributed by atoms with Gasteiger partial charge in [0, 0.05) is 10.8 Å². The lowest BCUT2D eigenvalue weighted by Gasteiger charge is -2.08. The fraction of sp³-hybridized carbons (Fsp3) is 0.0625. The highest BCUT2D eigenvalue weighted by molar-refractivity contribution is 5.74. The lowest BCUT2D eigenvalue weighted by molar-refractivity contribution is -0.136. The second kappa shape index (κ2) is 4.61. The van der Waals surface area contributed by atoms with Crippen LogP contribution in [0.5, 0.6) is 5.75 Å². The number of hydrogen-bond donors (Lipinski definition) is 1. The van der Waals surface area contributed by atoms with E-state index in [2.05, 4.69) is 0 Å². The molecule has 19 heavy (non-hydrogen) atoms. The van der Waals surface area contributed by atoms with Crippen molar-refractivity contribution in [3.63, 3.8) is 0 Å². The molecule has 1 heterocycles. The zero-order chi connectivity index (χ0) is 13.2. The van der Waals surface area contributed by atoms with Crippen LogP contribution in [0.4, 0.5) is 0 Å². The molecule has 3 heteroatoms. The second-order valence-corrected chi connectivity index (χ2v) is 4.41. The summed E-state index contributed by atoms with van der Waals surface area (Å²) in [6, 6.07) is 13.3. The molecule has 3 nitrogen and oxygen atoms in total. The van der Waals surface area contributed by atoms with E-state index in [-0.39, 0.29) is 6.42 Å².